The van der Waals surface area contributed by atoms with Crippen molar-refractivity contribution in [1.29, 1.82) is 0 Å². The van der Waals surface area contributed by atoms with E-state index in [0.717, 1.165) is 19.3 Å². The number of anilines is 2. The molecule has 3 amide bonds. The standard InChI is InChI=1S/C27H29N3O5/c31-23(15-28-26(35)29-20-5-3-4-19(11-20)25(33)34)30-22-7-2-1-6-21(22)24(32)27-12-16-8-17(13-27)10-18(9-16)14-27/h1-7,11,16-18H,8-10,12-15H2,(H,30,31)(H,33,34)(H2,28,29,35). The van der Waals surface area contributed by atoms with Crippen LogP contribution in [0.2, 0.25) is 0 Å². The van der Waals surface area contributed by atoms with Crippen molar-refractivity contribution in [3.63, 3.8) is 0 Å². The molecule has 0 unspecified atom stereocenters. The van der Waals surface area contributed by atoms with Crippen LogP contribution in [-0.2, 0) is 4.79 Å². The second kappa shape index (κ2) is 9.17. The summed E-state index contributed by atoms with van der Waals surface area (Å²) in [6.07, 6.45) is 6.60. The third kappa shape index (κ3) is 4.78. The Kier molecular flexibility index (Phi) is 6.05. The van der Waals surface area contributed by atoms with Gasteiger partial charge in [-0.2, -0.15) is 0 Å². The second-order valence-corrected chi connectivity index (χ2v) is 10.3. The molecule has 0 atom stereocenters. The van der Waals surface area contributed by atoms with E-state index in [2.05, 4.69) is 16.0 Å². The molecule has 4 aliphatic carbocycles. The summed E-state index contributed by atoms with van der Waals surface area (Å²) >= 11 is 0. The molecular formula is C27H29N3O5. The van der Waals surface area contributed by atoms with Crippen molar-refractivity contribution in [2.45, 2.75) is 38.5 Å². The maximum Gasteiger partial charge on any atom is 0.335 e. The number of ketones is 1. The van der Waals surface area contributed by atoms with Crippen LogP contribution in [0, 0.1) is 23.2 Å². The van der Waals surface area contributed by atoms with Crippen LogP contribution in [-0.4, -0.2) is 35.3 Å². The topological polar surface area (TPSA) is 125 Å². The number of carbonyl (C=O) groups excluding carboxylic acids is 3. The summed E-state index contributed by atoms with van der Waals surface area (Å²) in [4.78, 5) is 49.6. The van der Waals surface area contributed by atoms with Gasteiger partial charge in [-0.05, 0) is 86.6 Å². The number of carboxylic acid groups (broad SMARTS) is 1. The van der Waals surface area contributed by atoms with Gasteiger partial charge in [0.05, 0.1) is 17.8 Å². The lowest BCUT2D eigenvalue weighted by molar-refractivity contribution is -0.115. The van der Waals surface area contributed by atoms with Gasteiger partial charge in [-0.15, -0.1) is 0 Å². The van der Waals surface area contributed by atoms with Crippen LogP contribution in [0.25, 0.3) is 0 Å². The highest BCUT2D eigenvalue weighted by Gasteiger charge is 2.54. The predicted octanol–water partition coefficient (Wildman–Crippen LogP) is 4.54. The number of para-hydroxylation sites is 1. The van der Waals surface area contributed by atoms with E-state index in [1.807, 2.05) is 6.07 Å². The van der Waals surface area contributed by atoms with Gasteiger partial charge in [0.1, 0.15) is 0 Å². The van der Waals surface area contributed by atoms with E-state index in [4.69, 9.17) is 5.11 Å². The summed E-state index contributed by atoms with van der Waals surface area (Å²) in [5.74, 6) is 0.513. The largest absolute Gasteiger partial charge is 0.478 e. The van der Waals surface area contributed by atoms with Crippen LogP contribution in [0.15, 0.2) is 48.5 Å². The van der Waals surface area contributed by atoms with E-state index in [9.17, 15) is 19.2 Å². The van der Waals surface area contributed by atoms with E-state index in [0.29, 0.717) is 34.7 Å². The molecule has 4 N–H and O–H groups in total. The third-order valence-electron chi connectivity index (χ3n) is 7.74. The lowest BCUT2D eigenvalue weighted by Crippen LogP contribution is -2.50. The first-order valence-corrected chi connectivity index (χ1v) is 12.1. The van der Waals surface area contributed by atoms with Gasteiger partial charge < -0.3 is 21.1 Å². The second-order valence-electron chi connectivity index (χ2n) is 10.3. The number of carbonyl (C=O) groups is 4. The van der Waals surface area contributed by atoms with Crippen LogP contribution in [0.3, 0.4) is 0 Å². The fourth-order valence-corrected chi connectivity index (χ4v) is 6.72. The summed E-state index contributed by atoms with van der Waals surface area (Å²) in [5, 5.41) is 16.8. The average molecular weight is 476 g/mol. The summed E-state index contributed by atoms with van der Waals surface area (Å²) in [7, 11) is 0. The van der Waals surface area contributed by atoms with Gasteiger partial charge in [0.2, 0.25) is 5.91 Å². The van der Waals surface area contributed by atoms with Gasteiger partial charge in [0.15, 0.2) is 5.78 Å². The predicted molar refractivity (Wildman–Crippen MR) is 130 cm³/mol. The molecule has 8 nitrogen and oxygen atoms in total. The zero-order valence-electron chi connectivity index (χ0n) is 19.4. The fourth-order valence-electron chi connectivity index (χ4n) is 6.72. The Balaban J connectivity index is 1.21. The van der Waals surface area contributed by atoms with Gasteiger partial charge in [-0.1, -0.05) is 18.2 Å². The first kappa shape index (κ1) is 23.1. The Morgan fingerprint density at radius 1 is 0.857 bits per heavy atom. The number of amides is 3. The van der Waals surface area contributed by atoms with Crippen LogP contribution < -0.4 is 16.0 Å². The van der Waals surface area contributed by atoms with Crippen LogP contribution in [0.1, 0.15) is 59.2 Å². The minimum atomic E-state index is -1.10. The van der Waals surface area contributed by atoms with Crippen molar-refractivity contribution in [2.24, 2.45) is 23.2 Å². The number of benzene rings is 2. The van der Waals surface area contributed by atoms with Crippen LogP contribution in [0.5, 0.6) is 0 Å². The van der Waals surface area contributed by atoms with E-state index < -0.39 is 17.9 Å². The molecule has 0 aliphatic heterocycles. The molecule has 4 saturated carbocycles. The van der Waals surface area contributed by atoms with Crippen molar-refractivity contribution in [2.75, 3.05) is 17.2 Å². The van der Waals surface area contributed by atoms with E-state index in [1.54, 1.807) is 24.3 Å². The van der Waals surface area contributed by atoms with Crippen molar-refractivity contribution in [3.8, 4) is 0 Å². The van der Waals surface area contributed by atoms with Crippen molar-refractivity contribution in [1.82, 2.24) is 5.32 Å². The first-order valence-electron chi connectivity index (χ1n) is 12.1. The molecule has 0 saturated heterocycles. The molecule has 4 fully saturated rings. The monoisotopic (exact) mass is 475 g/mol. The number of hydrogen-bond acceptors (Lipinski definition) is 4. The molecule has 182 valence electrons. The molecule has 0 heterocycles. The van der Waals surface area contributed by atoms with Gasteiger partial charge in [0, 0.05) is 16.7 Å². The number of carboxylic acids is 1. The quantitative estimate of drug-likeness (QED) is 0.438. The normalized spacial score (nSPS) is 26.1. The van der Waals surface area contributed by atoms with Gasteiger partial charge in [0.25, 0.3) is 0 Å². The van der Waals surface area contributed by atoms with Crippen molar-refractivity contribution in [3.05, 3.63) is 59.7 Å². The number of aromatic carboxylic acids is 1. The van der Waals surface area contributed by atoms with Gasteiger partial charge in [-0.25, -0.2) is 9.59 Å². The zero-order valence-corrected chi connectivity index (χ0v) is 19.4. The van der Waals surface area contributed by atoms with Crippen molar-refractivity contribution >= 4 is 35.1 Å². The zero-order chi connectivity index (χ0) is 24.6. The molecule has 0 radical (unpaired) electrons. The third-order valence-corrected chi connectivity index (χ3v) is 7.74. The fraction of sp³-hybridized carbons (Fsp3) is 0.407. The molecule has 6 rings (SSSR count). The first-order chi connectivity index (χ1) is 16.8. The van der Waals surface area contributed by atoms with E-state index in [-0.39, 0.29) is 23.3 Å². The molecule has 8 heteroatoms. The number of nitrogens with one attached hydrogen (secondary N) is 3. The summed E-state index contributed by atoms with van der Waals surface area (Å²) in [5.41, 5.74) is 1.04. The minimum absolute atomic E-state index is 0.0424. The van der Waals surface area contributed by atoms with Crippen molar-refractivity contribution < 1.29 is 24.3 Å². The molecule has 2 aromatic rings. The highest BCUT2D eigenvalue weighted by atomic mass is 16.4. The summed E-state index contributed by atoms with van der Waals surface area (Å²) in [6, 6.07) is 12.3. The number of Topliss-reactive ketones (excluding diaryl/α,β-unsaturated/α-hetero) is 1. The lowest BCUT2D eigenvalue weighted by atomic mass is 9.48. The summed E-state index contributed by atoms with van der Waals surface area (Å²) in [6.45, 7) is -0.301. The highest BCUT2D eigenvalue weighted by molar-refractivity contribution is 6.08. The number of rotatable bonds is 7. The Hall–Kier alpha value is -3.68. The smallest absolute Gasteiger partial charge is 0.335 e. The molecule has 0 aromatic heterocycles. The highest BCUT2D eigenvalue weighted by Crippen LogP contribution is 2.61. The summed E-state index contributed by atoms with van der Waals surface area (Å²) < 4.78 is 0. The lowest BCUT2D eigenvalue weighted by Gasteiger charge is -2.56. The Morgan fingerprint density at radius 3 is 2.17 bits per heavy atom. The number of hydrogen-bond donors (Lipinski definition) is 4. The van der Waals surface area contributed by atoms with Gasteiger partial charge in [-0.3, -0.25) is 9.59 Å². The Labute approximate surface area is 203 Å². The number of urea groups is 1. The van der Waals surface area contributed by atoms with Crippen LogP contribution >= 0.6 is 0 Å². The van der Waals surface area contributed by atoms with E-state index >= 15 is 0 Å². The molecule has 0 spiro atoms. The maximum absolute atomic E-state index is 13.8. The minimum Gasteiger partial charge on any atom is -0.478 e. The van der Waals surface area contributed by atoms with E-state index in [1.165, 1.54) is 37.5 Å². The molecule has 35 heavy (non-hydrogen) atoms. The molecular weight excluding hydrogens is 446 g/mol. The molecule has 4 bridgehead atoms. The Morgan fingerprint density at radius 2 is 1.51 bits per heavy atom. The maximum atomic E-state index is 13.8. The molecule has 4 aliphatic rings. The van der Waals surface area contributed by atoms with Gasteiger partial charge >= 0.3 is 12.0 Å². The molecule has 2 aromatic carbocycles. The average Bonchev–Trinajstić information content (AvgIpc) is 2.82. The SMILES string of the molecule is O=C(CNC(=O)Nc1cccc(C(=O)O)c1)Nc1ccccc1C(=O)C12CC3CC(CC(C3)C1)C2. The Bertz CT molecular complexity index is 1160. The van der Waals surface area contributed by atoms with Crippen LogP contribution in [0.4, 0.5) is 16.2 Å².